The monoisotopic (exact) mass is 276 g/mol. The average Bonchev–Trinajstić information content (AvgIpc) is 2.92. The Balaban J connectivity index is 1.62. The largest absolute Gasteiger partial charge is 0.349 e. The minimum Gasteiger partial charge on any atom is -0.349 e. The number of thioether (sulfide) groups is 1. The van der Waals surface area contributed by atoms with Gasteiger partial charge in [-0.15, -0.1) is 11.8 Å². The second-order valence-electron chi connectivity index (χ2n) is 5.36. The highest BCUT2D eigenvalue weighted by Gasteiger charge is 2.24. The number of carbonyl (C=O) groups excluding carboxylic acids is 1. The molecular weight excluding hydrogens is 256 g/mol. The van der Waals surface area contributed by atoms with Crippen molar-refractivity contribution in [1.29, 1.82) is 0 Å². The van der Waals surface area contributed by atoms with Crippen molar-refractivity contribution in [2.75, 3.05) is 18.8 Å². The number of hydrogen-bond donors (Lipinski definition) is 2. The lowest BCUT2D eigenvalue weighted by Gasteiger charge is -2.26. The van der Waals surface area contributed by atoms with E-state index in [1.54, 1.807) is 0 Å². The van der Waals surface area contributed by atoms with Gasteiger partial charge in [0.25, 0.3) is 0 Å². The molecule has 0 spiro atoms. The van der Waals surface area contributed by atoms with Gasteiger partial charge in [-0.1, -0.05) is 18.2 Å². The SMILES string of the molecule is O=C(CC1CCNC1)NC1CCSc2ccccc21. The molecule has 0 bridgehead atoms. The van der Waals surface area contributed by atoms with Crippen molar-refractivity contribution in [1.82, 2.24) is 10.6 Å². The lowest BCUT2D eigenvalue weighted by atomic mass is 10.0. The van der Waals surface area contributed by atoms with Crippen LogP contribution in [0.2, 0.25) is 0 Å². The van der Waals surface area contributed by atoms with Crippen LogP contribution in [0.4, 0.5) is 0 Å². The zero-order valence-electron chi connectivity index (χ0n) is 11.0. The van der Waals surface area contributed by atoms with E-state index in [1.165, 1.54) is 10.5 Å². The highest BCUT2D eigenvalue weighted by molar-refractivity contribution is 7.99. The van der Waals surface area contributed by atoms with Crippen molar-refractivity contribution >= 4 is 17.7 Å². The van der Waals surface area contributed by atoms with Crippen molar-refractivity contribution in [3.63, 3.8) is 0 Å². The van der Waals surface area contributed by atoms with Crippen LogP contribution in [-0.2, 0) is 4.79 Å². The number of carbonyl (C=O) groups is 1. The van der Waals surface area contributed by atoms with Crippen LogP contribution in [0.1, 0.15) is 30.9 Å². The molecule has 2 aliphatic rings. The van der Waals surface area contributed by atoms with Crippen LogP contribution in [0.3, 0.4) is 0 Å². The quantitative estimate of drug-likeness (QED) is 0.890. The van der Waals surface area contributed by atoms with Crippen LogP contribution >= 0.6 is 11.8 Å². The van der Waals surface area contributed by atoms with Crippen molar-refractivity contribution < 1.29 is 4.79 Å². The van der Waals surface area contributed by atoms with Crippen LogP contribution in [0.15, 0.2) is 29.2 Å². The summed E-state index contributed by atoms with van der Waals surface area (Å²) < 4.78 is 0. The highest BCUT2D eigenvalue weighted by Crippen LogP contribution is 2.35. The molecule has 1 aromatic rings. The molecule has 1 saturated heterocycles. The van der Waals surface area contributed by atoms with E-state index in [4.69, 9.17) is 0 Å². The van der Waals surface area contributed by atoms with Crippen molar-refractivity contribution in [2.24, 2.45) is 5.92 Å². The Bertz CT molecular complexity index is 457. The summed E-state index contributed by atoms with van der Waals surface area (Å²) in [7, 11) is 0. The molecule has 1 fully saturated rings. The van der Waals surface area contributed by atoms with E-state index in [1.807, 2.05) is 11.8 Å². The van der Waals surface area contributed by atoms with E-state index in [2.05, 4.69) is 34.9 Å². The number of amides is 1. The highest BCUT2D eigenvalue weighted by atomic mass is 32.2. The van der Waals surface area contributed by atoms with Crippen molar-refractivity contribution in [2.45, 2.75) is 30.2 Å². The fourth-order valence-electron chi connectivity index (χ4n) is 2.90. The zero-order valence-corrected chi connectivity index (χ0v) is 11.8. The third kappa shape index (κ3) is 3.12. The van der Waals surface area contributed by atoms with E-state index in [9.17, 15) is 4.79 Å². The lowest BCUT2D eigenvalue weighted by Crippen LogP contribution is -2.32. The Hall–Kier alpha value is -1.00. The Labute approximate surface area is 118 Å². The molecule has 3 nitrogen and oxygen atoms in total. The molecule has 0 aliphatic carbocycles. The van der Waals surface area contributed by atoms with Crippen LogP contribution in [0.25, 0.3) is 0 Å². The number of benzene rings is 1. The molecule has 2 atom stereocenters. The van der Waals surface area contributed by atoms with Gasteiger partial charge in [-0.3, -0.25) is 4.79 Å². The van der Waals surface area contributed by atoms with Crippen LogP contribution < -0.4 is 10.6 Å². The second kappa shape index (κ2) is 5.97. The third-order valence-electron chi connectivity index (χ3n) is 3.93. The molecule has 0 aromatic heterocycles. The Morgan fingerprint density at radius 2 is 2.26 bits per heavy atom. The normalized spacial score (nSPS) is 25.9. The first-order chi connectivity index (χ1) is 9.33. The molecule has 2 aliphatic heterocycles. The topological polar surface area (TPSA) is 41.1 Å². The summed E-state index contributed by atoms with van der Waals surface area (Å²) in [5.74, 6) is 1.82. The van der Waals surface area contributed by atoms with Crippen molar-refractivity contribution in [3.8, 4) is 0 Å². The van der Waals surface area contributed by atoms with Crippen LogP contribution in [0.5, 0.6) is 0 Å². The van der Waals surface area contributed by atoms with E-state index < -0.39 is 0 Å². The molecule has 102 valence electrons. The van der Waals surface area contributed by atoms with Gasteiger partial charge in [0.15, 0.2) is 0 Å². The van der Waals surface area contributed by atoms with Gasteiger partial charge in [0.1, 0.15) is 0 Å². The Morgan fingerprint density at radius 3 is 3.11 bits per heavy atom. The maximum absolute atomic E-state index is 12.1. The molecule has 3 rings (SSSR count). The van der Waals surface area contributed by atoms with Gasteiger partial charge in [-0.2, -0.15) is 0 Å². The summed E-state index contributed by atoms with van der Waals surface area (Å²) in [6.07, 6.45) is 2.83. The van der Waals surface area contributed by atoms with E-state index in [0.29, 0.717) is 12.3 Å². The summed E-state index contributed by atoms with van der Waals surface area (Å²) in [6, 6.07) is 8.63. The van der Waals surface area contributed by atoms with Gasteiger partial charge in [-0.05, 0) is 43.5 Å². The number of hydrogen-bond acceptors (Lipinski definition) is 3. The van der Waals surface area contributed by atoms with Gasteiger partial charge < -0.3 is 10.6 Å². The maximum atomic E-state index is 12.1. The molecule has 2 heterocycles. The lowest BCUT2D eigenvalue weighted by molar-refractivity contribution is -0.122. The van der Waals surface area contributed by atoms with Crippen molar-refractivity contribution in [3.05, 3.63) is 29.8 Å². The summed E-state index contributed by atoms with van der Waals surface area (Å²) in [6.45, 7) is 2.05. The van der Waals surface area contributed by atoms with E-state index in [0.717, 1.165) is 31.7 Å². The van der Waals surface area contributed by atoms with Crippen LogP contribution in [0, 0.1) is 5.92 Å². The van der Waals surface area contributed by atoms with E-state index in [-0.39, 0.29) is 11.9 Å². The molecule has 2 N–H and O–H groups in total. The first kappa shape index (κ1) is 13.0. The summed E-state index contributed by atoms with van der Waals surface area (Å²) >= 11 is 1.89. The van der Waals surface area contributed by atoms with Gasteiger partial charge >= 0.3 is 0 Å². The molecule has 19 heavy (non-hydrogen) atoms. The van der Waals surface area contributed by atoms with Gasteiger partial charge in [-0.25, -0.2) is 0 Å². The fraction of sp³-hybridized carbons (Fsp3) is 0.533. The number of rotatable bonds is 3. The molecule has 1 amide bonds. The second-order valence-corrected chi connectivity index (χ2v) is 6.49. The molecule has 0 radical (unpaired) electrons. The predicted molar refractivity (Wildman–Crippen MR) is 78.3 cm³/mol. The fourth-order valence-corrected chi connectivity index (χ4v) is 4.02. The average molecular weight is 276 g/mol. The summed E-state index contributed by atoms with van der Waals surface area (Å²) in [4.78, 5) is 13.5. The minimum absolute atomic E-state index is 0.208. The Morgan fingerprint density at radius 1 is 1.37 bits per heavy atom. The number of fused-ring (bicyclic) bond motifs is 1. The van der Waals surface area contributed by atoms with Gasteiger partial charge in [0.05, 0.1) is 6.04 Å². The van der Waals surface area contributed by atoms with Gasteiger partial charge in [0.2, 0.25) is 5.91 Å². The smallest absolute Gasteiger partial charge is 0.220 e. The predicted octanol–water partition coefficient (Wildman–Crippen LogP) is 2.34. The molecule has 1 aromatic carbocycles. The first-order valence-electron chi connectivity index (χ1n) is 7.05. The van der Waals surface area contributed by atoms with E-state index >= 15 is 0 Å². The van der Waals surface area contributed by atoms with Crippen LogP contribution in [-0.4, -0.2) is 24.7 Å². The molecule has 0 saturated carbocycles. The third-order valence-corrected chi connectivity index (χ3v) is 5.05. The minimum atomic E-state index is 0.208. The zero-order chi connectivity index (χ0) is 13.1. The van der Waals surface area contributed by atoms with Gasteiger partial charge in [0, 0.05) is 17.1 Å². The number of nitrogens with one attached hydrogen (secondary N) is 2. The molecular formula is C15H20N2OS. The first-order valence-corrected chi connectivity index (χ1v) is 8.03. The summed E-state index contributed by atoms with van der Waals surface area (Å²) in [5.41, 5.74) is 1.29. The molecule has 2 unspecified atom stereocenters. The standard InChI is InChI=1S/C15H20N2OS/c18-15(9-11-5-7-16-10-11)17-13-6-8-19-14-4-2-1-3-12(13)14/h1-4,11,13,16H,5-10H2,(H,17,18). The molecule has 4 heteroatoms. The summed E-state index contributed by atoms with van der Waals surface area (Å²) in [5, 5.41) is 6.54. The Kier molecular flexibility index (Phi) is 4.09. The maximum Gasteiger partial charge on any atom is 0.220 e.